The van der Waals surface area contributed by atoms with E-state index >= 15 is 0 Å². The molecule has 2 aliphatic carbocycles. The number of anilines is 1. The number of carbonyl (C=O) groups excluding carboxylic acids is 1. The van der Waals surface area contributed by atoms with Crippen LogP contribution in [0.15, 0.2) is 42.6 Å². The van der Waals surface area contributed by atoms with Crippen LogP contribution in [0.3, 0.4) is 0 Å². The van der Waals surface area contributed by atoms with Crippen molar-refractivity contribution in [2.24, 2.45) is 5.92 Å². The van der Waals surface area contributed by atoms with E-state index in [2.05, 4.69) is 29.2 Å². The van der Waals surface area contributed by atoms with E-state index in [9.17, 15) is 4.79 Å². The third-order valence-corrected chi connectivity index (χ3v) is 5.39. The van der Waals surface area contributed by atoms with Gasteiger partial charge in [-0.15, -0.1) is 0 Å². The fourth-order valence-corrected chi connectivity index (χ4v) is 4.05. The summed E-state index contributed by atoms with van der Waals surface area (Å²) in [6.07, 6.45) is 4.80. The maximum atomic E-state index is 13.0. The summed E-state index contributed by atoms with van der Waals surface area (Å²) in [7, 11) is 3.39. The lowest BCUT2D eigenvalue weighted by molar-refractivity contribution is -0.120. The molecule has 0 bridgehead atoms. The molecule has 1 spiro atoms. The molecular weight excluding hydrogens is 288 g/mol. The Hall–Kier alpha value is -2.36. The Bertz CT molecular complexity index is 773. The van der Waals surface area contributed by atoms with E-state index in [1.165, 1.54) is 11.1 Å². The van der Waals surface area contributed by atoms with E-state index < -0.39 is 0 Å². The van der Waals surface area contributed by atoms with Crippen molar-refractivity contribution in [2.75, 3.05) is 19.1 Å². The second-order valence-corrected chi connectivity index (χ2v) is 6.50. The Morgan fingerprint density at radius 2 is 2.13 bits per heavy atom. The molecule has 4 heteroatoms. The number of carbonyl (C=O) groups is 1. The number of fused-ring (bicyclic) bond motifs is 2. The molecule has 118 valence electrons. The van der Waals surface area contributed by atoms with Gasteiger partial charge < -0.3 is 4.74 Å². The van der Waals surface area contributed by atoms with Gasteiger partial charge in [-0.2, -0.15) is 0 Å². The van der Waals surface area contributed by atoms with Gasteiger partial charge in [-0.1, -0.05) is 24.3 Å². The molecule has 4 nitrogen and oxygen atoms in total. The molecule has 0 aliphatic heterocycles. The SMILES string of the molecule is COc1cccnc1N(C)C(=O)[C@@H]1C[C@@]12CCc1ccccc12. The first-order chi connectivity index (χ1) is 11.2. The molecule has 0 N–H and O–H groups in total. The standard InChI is InChI=1S/C19H20N2O2/c1-21(17-16(23-2)8-5-11-20-17)18(22)15-12-19(15)10-9-13-6-3-4-7-14(13)19/h3-8,11,15H,9-10,12H2,1-2H3/t15-,19+/m0/s1. The summed E-state index contributed by atoms with van der Waals surface area (Å²) in [5.74, 6) is 1.42. The van der Waals surface area contributed by atoms with Crippen LogP contribution in [0.1, 0.15) is 24.0 Å². The van der Waals surface area contributed by atoms with Crippen molar-refractivity contribution in [3.05, 3.63) is 53.7 Å². The predicted octanol–water partition coefficient (Wildman–Crippen LogP) is 2.96. The lowest BCUT2D eigenvalue weighted by Crippen LogP contribution is -2.31. The average molecular weight is 308 g/mol. The summed E-state index contributed by atoms with van der Waals surface area (Å²) >= 11 is 0. The Morgan fingerprint density at radius 3 is 2.96 bits per heavy atom. The van der Waals surface area contributed by atoms with Crippen LogP contribution < -0.4 is 9.64 Å². The molecule has 1 aromatic carbocycles. The van der Waals surface area contributed by atoms with Crippen molar-refractivity contribution < 1.29 is 9.53 Å². The van der Waals surface area contributed by atoms with Gasteiger partial charge in [0.1, 0.15) is 0 Å². The molecule has 0 radical (unpaired) electrons. The molecular formula is C19H20N2O2. The number of pyridine rings is 1. The van der Waals surface area contributed by atoms with E-state index in [0.29, 0.717) is 11.6 Å². The van der Waals surface area contributed by atoms with Gasteiger partial charge >= 0.3 is 0 Å². The monoisotopic (exact) mass is 308 g/mol. The number of rotatable bonds is 3. The number of hydrogen-bond donors (Lipinski definition) is 0. The van der Waals surface area contributed by atoms with Gasteiger partial charge in [-0.3, -0.25) is 9.69 Å². The number of nitrogens with zero attached hydrogens (tertiary/aromatic N) is 2. The van der Waals surface area contributed by atoms with Crippen molar-refractivity contribution in [1.82, 2.24) is 4.98 Å². The van der Waals surface area contributed by atoms with Crippen LogP contribution in [0.2, 0.25) is 0 Å². The quantitative estimate of drug-likeness (QED) is 0.875. The minimum atomic E-state index is 0.0582. The highest BCUT2D eigenvalue weighted by atomic mass is 16.5. The molecule has 1 amide bonds. The minimum Gasteiger partial charge on any atom is -0.493 e. The van der Waals surface area contributed by atoms with E-state index in [4.69, 9.17) is 4.74 Å². The maximum absolute atomic E-state index is 13.0. The molecule has 2 atom stereocenters. The molecule has 4 rings (SSSR count). The van der Waals surface area contributed by atoms with Crippen molar-refractivity contribution in [2.45, 2.75) is 24.7 Å². The topological polar surface area (TPSA) is 42.4 Å². The summed E-state index contributed by atoms with van der Waals surface area (Å²) in [5, 5.41) is 0. The normalized spacial score (nSPS) is 24.3. The summed E-state index contributed by atoms with van der Waals surface area (Å²) in [5.41, 5.74) is 2.84. The van der Waals surface area contributed by atoms with Gasteiger partial charge in [0, 0.05) is 24.6 Å². The lowest BCUT2D eigenvalue weighted by atomic mass is 9.95. The summed E-state index contributed by atoms with van der Waals surface area (Å²) in [6, 6.07) is 12.2. The number of ether oxygens (including phenoxy) is 1. The smallest absolute Gasteiger partial charge is 0.232 e. The average Bonchev–Trinajstić information content (AvgIpc) is 3.22. The Balaban J connectivity index is 1.60. The molecule has 0 saturated heterocycles. The zero-order valence-corrected chi connectivity index (χ0v) is 13.5. The van der Waals surface area contributed by atoms with Gasteiger partial charge in [0.2, 0.25) is 5.91 Å². The van der Waals surface area contributed by atoms with Crippen molar-refractivity contribution in [3.63, 3.8) is 0 Å². The molecule has 1 heterocycles. The number of aromatic nitrogens is 1. The first kappa shape index (κ1) is 14.2. The number of methoxy groups -OCH3 is 1. The number of hydrogen-bond acceptors (Lipinski definition) is 3. The summed E-state index contributed by atoms with van der Waals surface area (Å²) in [4.78, 5) is 18.9. The highest BCUT2D eigenvalue weighted by molar-refractivity contribution is 5.98. The van der Waals surface area contributed by atoms with Crippen LogP contribution in [0.25, 0.3) is 0 Å². The second kappa shape index (κ2) is 5.08. The van der Waals surface area contributed by atoms with Crippen molar-refractivity contribution in [3.8, 4) is 5.75 Å². The molecule has 1 saturated carbocycles. The Labute approximate surface area is 136 Å². The van der Waals surface area contributed by atoms with Crippen molar-refractivity contribution in [1.29, 1.82) is 0 Å². The Kier molecular flexibility index (Phi) is 3.15. The van der Waals surface area contributed by atoms with E-state index in [0.717, 1.165) is 19.3 Å². The predicted molar refractivity (Wildman–Crippen MR) is 88.7 cm³/mol. The fourth-order valence-electron chi connectivity index (χ4n) is 4.05. The zero-order chi connectivity index (χ0) is 16.0. The van der Waals surface area contributed by atoms with E-state index in [1.54, 1.807) is 25.3 Å². The Morgan fingerprint density at radius 1 is 1.30 bits per heavy atom. The zero-order valence-electron chi connectivity index (χ0n) is 13.5. The van der Waals surface area contributed by atoms with Crippen LogP contribution in [-0.2, 0) is 16.6 Å². The van der Waals surface area contributed by atoms with Crippen LogP contribution in [0, 0.1) is 5.92 Å². The number of aryl methyl sites for hydroxylation is 1. The molecule has 2 aromatic rings. The van der Waals surface area contributed by atoms with Crippen LogP contribution in [0.4, 0.5) is 5.82 Å². The van der Waals surface area contributed by atoms with Crippen molar-refractivity contribution >= 4 is 11.7 Å². The first-order valence-corrected chi connectivity index (χ1v) is 8.02. The van der Waals surface area contributed by atoms with Crippen LogP contribution in [0.5, 0.6) is 5.75 Å². The molecule has 2 aliphatic rings. The lowest BCUT2D eigenvalue weighted by Gasteiger charge is -2.20. The number of amides is 1. The third kappa shape index (κ3) is 2.05. The highest BCUT2D eigenvalue weighted by Gasteiger charge is 2.62. The largest absolute Gasteiger partial charge is 0.493 e. The van der Waals surface area contributed by atoms with Gasteiger partial charge in [0.05, 0.1) is 7.11 Å². The highest BCUT2D eigenvalue weighted by Crippen LogP contribution is 2.62. The molecule has 1 fully saturated rings. The van der Waals surface area contributed by atoms with E-state index in [-0.39, 0.29) is 17.2 Å². The third-order valence-electron chi connectivity index (χ3n) is 5.39. The molecule has 0 unspecified atom stereocenters. The summed E-state index contributed by atoms with van der Waals surface area (Å²) < 4.78 is 5.33. The first-order valence-electron chi connectivity index (χ1n) is 8.02. The fraction of sp³-hybridized carbons (Fsp3) is 0.368. The van der Waals surface area contributed by atoms with Gasteiger partial charge in [-0.25, -0.2) is 4.98 Å². The number of benzene rings is 1. The van der Waals surface area contributed by atoms with Gasteiger partial charge in [0.15, 0.2) is 11.6 Å². The van der Waals surface area contributed by atoms with Crippen LogP contribution in [-0.4, -0.2) is 25.0 Å². The summed E-state index contributed by atoms with van der Waals surface area (Å²) in [6.45, 7) is 0. The maximum Gasteiger partial charge on any atom is 0.232 e. The molecule has 23 heavy (non-hydrogen) atoms. The van der Waals surface area contributed by atoms with E-state index in [1.807, 2.05) is 12.1 Å². The molecule has 1 aromatic heterocycles. The minimum absolute atomic E-state index is 0.0582. The van der Waals surface area contributed by atoms with Gasteiger partial charge in [0.25, 0.3) is 0 Å². The second-order valence-electron chi connectivity index (χ2n) is 6.50. The van der Waals surface area contributed by atoms with Crippen LogP contribution >= 0.6 is 0 Å². The van der Waals surface area contributed by atoms with Gasteiger partial charge in [-0.05, 0) is 42.5 Å².